The minimum absolute atomic E-state index is 0.147. The highest BCUT2D eigenvalue weighted by Crippen LogP contribution is 2.32. The van der Waals surface area contributed by atoms with Gasteiger partial charge in [0.25, 0.3) is 0 Å². The van der Waals surface area contributed by atoms with Crippen molar-refractivity contribution in [3.63, 3.8) is 0 Å². The van der Waals surface area contributed by atoms with E-state index in [0.717, 1.165) is 6.29 Å². The molecule has 1 unspecified atom stereocenters. The number of ketones is 1. The molecule has 6 heteroatoms. The molecule has 1 fully saturated rings. The third-order valence-corrected chi connectivity index (χ3v) is 3.28. The Balaban J connectivity index is 2.79. The second-order valence-electron chi connectivity index (χ2n) is 3.40. The fourth-order valence-electron chi connectivity index (χ4n) is 1.83. The molecule has 0 spiro atoms. The second-order valence-corrected chi connectivity index (χ2v) is 3.99. The Morgan fingerprint density at radius 3 is 2.64 bits per heavy atom. The van der Waals surface area contributed by atoms with Crippen molar-refractivity contribution in [1.82, 2.24) is 4.67 Å². The molecule has 1 heterocycles. The number of nitrogens with zero attached hydrogens (tertiary/aromatic N) is 1. The van der Waals surface area contributed by atoms with E-state index in [4.69, 9.17) is 10.2 Å². The van der Waals surface area contributed by atoms with Crippen LogP contribution in [0.5, 0.6) is 0 Å². The molecule has 0 bridgehead atoms. The Bertz CT molecular complexity index is 235. The third kappa shape index (κ3) is 2.01. The minimum atomic E-state index is -0.565. The molecule has 0 aromatic heterocycles. The van der Waals surface area contributed by atoms with Crippen LogP contribution in [0, 0.1) is 5.92 Å². The van der Waals surface area contributed by atoms with Crippen molar-refractivity contribution in [2.24, 2.45) is 5.92 Å². The highest BCUT2D eigenvalue weighted by atomic mass is 31.0. The number of aldehydes is 1. The van der Waals surface area contributed by atoms with Crippen molar-refractivity contribution < 1.29 is 19.8 Å². The molecule has 0 saturated carbocycles. The molecule has 0 amide bonds. The van der Waals surface area contributed by atoms with Gasteiger partial charge in [-0.1, -0.05) is 9.39 Å². The average Bonchev–Trinajstić information content (AvgIpc) is 2.53. The number of Topliss-reactive ketones (excluding diaryl/α,β-unsaturated/α-hetero) is 1. The van der Waals surface area contributed by atoms with Gasteiger partial charge in [-0.25, -0.2) is 0 Å². The molecule has 1 saturated heterocycles. The summed E-state index contributed by atoms with van der Waals surface area (Å²) < 4.78 is 1.53. The summed E-state index contributed by atoms with van der Waals surface area (Å²) in [5.74, 6) is -0.620. The van der Waals surface area contributed by atoms with Crippen LogP contribution in [-0.2, 0) is 9.59 Å². The molecule has 80 valence electrons. The molecule has 0 aliphatic carbocycles. The van der Waals surface area contributed by atoms with E-state index in [1.807, 2.05) is 0 Å². The highest BCUT2D eigenvalue weighted by molar-refractivity contribution is 7.13. The van der Waals surface area contributed by atoms with Crippen LogP contribution in [0.15, 0.2) is 0 Å². The Kier molecular flexibility index (Phi) is 4.13. The zero-order valence-electron chi connectivity index (χ0n) is 7.67. The van der Waals surface area contributed by atoms with Crippen LogP contribution < -0.4 is 0 Å². The fraction of sp³-hybridized carbons (Fsp3) is 0.750. The largest absolute Gasteiger partial charge is 0.396 e. The van der Waals surface area contributed by atoms with E-state index in [1.54, 1.807) is 0 Å². The predicted molar refractivity (Wildman–Crippen MR) is 52.5 cm³/mol. The first-order valence-corrected chi connectivity index (χ1v) is 4.90. The van der Waals surface area contributed by atoms with Crippen LogP contribution in [0.3, 0.4) is 0 Å². The van der Waals surface area contributed by atoms with E-state index in [2.05, 4.69) is 9.39 Å². The van der Waals surface area contributed by atoms with Gasteiger partial charge in [-0.3, -0.25) is 9.46 Å². The molecular weight excluding hydrogens is 205 g/mol. The van der Waals surface area contributed by atoms with Crippen molar-refractivity contribution in [2.75, 3.05) is 13.2 Å². The SMILES string of the molecule is O=C[C@H]1C[C@@H](CO)[C@H](C(=O)CO)N1P. The molecular formula is C8H14NO4P. The average molecular weight is 219 g/mol. The summed E-state index contributed by atoms with van der Waals surface area (Å²) in [4.78, 5) is 21.9. The van der Waals surface area contributed by atoms with Crippen molar-refractivity contribution in [3.05, 3.63) is 0 Å². The number of hydrogen-bond donors (Lipinski definition) is 2. The summed E-state index contributed by atoms with van der Waals surface area (Å²) in [5.41, 5.74) is 0. The van der Waals surface area contributed by atoms with Crippen LogP contribution in [-0.4, -0.2) is 52.3 Å². The molecule has 0 aromatic carbocycles. The molecule has 0 aromatic rings. The first kappa shape index (κ1) is 11.7. The fourth-order valence-corrected chi connectivity index (χ4v) is 2.44. The second kappa shape index (κ2) is 4.94. The zero-order chi connectivity index (χ0) is 10.7. The van der Waals surface area contributed by atoms with Crippen molar-refractivity contribution in [1.29, 1.82) is 0 Å². The van der Waals surface area contributed by atoms with E-state index in [-0.39, 0.29) is 24.3 Å². The van der Waals surface area contributed by atoms with Gasteiger partial charge in [-0.2, -0.15) is 0 Å². The summed E-state index contributed by atoms with van der Waals surface area (Å²) in [6.07, 6.45) is 1.21. The van der Waals surface area contributed by atoms with Gasteiger partial charge >= 0.3 is 0 Å². The van der Waals surface area contributed by atoms with Gasteiger partial charge in [0.2, 0.25) is 0 Å². The number of aliphatic hydroxyl groups excluding tert-OH is 2. The van der Waals surface area contributed by atoms with E-state index in [0.29, 0.717) is 6.42 Å². The Labute approximate surface area is 84.3 Å². The zero-order valence-corrected chi connectivity index (χ0v) is 8.82. The van der Waals surface area contributed by atoms with Crippen molar-refractivity contribution in [2.45, 2.75) is 18.5 Å². The Morgan fingerprint density at radius 1 is 1.57 bits per heavy atom. The van der Waals surface area contributed by atoms with Crippen molar-refractivity contribution >= 4 is 21.5 Å². The van der Waals surface area contributed by atoms with Gasteiger partial charge < -0.3 is 15.0 Å². The quantitative estimate of drug-likeness (QED) is 0.448. The standard InChI is InChI=1S/C8H14NO4P/c10-2-5-1-6(3-11)9(14)8(5)7(13)4-12/h3,5-6,8,10,12H,1-2,4,14H2/t5-,6+,8+/m0/s1. The lowest BCUT2D eigenvalue weighted by Crippen LogP contribution is -2.39. The first-order chi connectivity index (χ1) is 6.65. The Hall–Kier alpha value is -0.350. The van der Waals surface area contributed by atoms with E-state index in [1.165, 1.54) is 4.67 Å². The van der Waals surface area contributed by atoms with Gasteiger partial charge in [0.15, 0.2) is 5.78 Å². The van der Waals surface area contributed by atoms with Gasteiger partial charge in [0, 0.05) is 12.5 Å². The van der Waals surface area contributed by atoms with Crippen LogP contribution >= 0.6 is 9.39 Å². The van der Waals surface area contributed by atoms with E-state index in [9.17, 15) is 9.59 Å². The van der Waals surface area contributed by atoms with E-state index >= 15 is 0 Å². The van der Waals surface area contributed by atoms with Gasteiger partial charge in [-0.05, 0) is 6.42 Å². The predicted octanol–water partition coefficient (Wildman–Crippen LogP) is -1.41. The van der Waals surface area contributed by atoms with Gasteiger partial charge in [-0.15, -0.1) is 0 Å². The molecule has 1 aliphatic rings. The lowest BCUT2D eigenvalue weighted by Gasteiger charge is -2.22. The topological polar surface area (TPSA) is 77.8 Å². The molecule has 0 radical (unpaired) electrons. The number of hydrogen-bond acceptors (Lipinski definition) is 5. The molecule has 5 nitrogen and oxygen atoms in total. The Morgan fingerprint density at radius 2 is 2.21 bits per heavy atom. The molecule has 14 heavy (non-hydrogen) atoms. The van der Waals surface area contributed by atoms with Crippen LogP contribution in [0.4, 0.5) is 0 Å². The van der Waals surface area contributed by atoms with Crippen LogP contribution in [0.25, 0.3) is 0 Å². The molecule has 2 N–H and O–H groups in total. The number of rotatable bonds is 4. The summed E-state index contributed by atoms with van der Waals surface area (Å²) >= 11 is 0. The summed E-state index contributed by atoms with van der Waals surface area (Å²) in [7, 11) is 2.31. The number of carbonyl (C=O) groups is 2. The summed E-state index contributed by atoms with van der Waals surface area (Å²) in [5, 5.41) is 17.8. The molecule has 1 aliphatic heterocycles. The smallest absolute Gasteiger partial charge is 0.175 e. The highest BCUT2D eigenvalue weighted by Gasteiger charge is 2.42. The van der Waals surface area contributed by atoms with E-state index < -0.39 is 12.6 Å². The van der Waals surface area contributed by atoms with Gasteiger partial charge in [0.1, 0.15) is 12.9 Å². The molecule has 1 rings (SSSR count). The summed E-state index contributed by atoms with van der Waals surface area (Å²) in [6.45, 7) is -0.705. The maximum Gasteiger partial charge on any atom is 0.175 e. The summed E-state index contributed by atoms with van der Waals surface area (Å²) in [6, 6.07) is -0.928. The normalized spacial score (nSPS) is 33.2. The molecule has 4 atom stereocenters. The van der Waals surface area contributed by atoms with Crippen LogP contribution in [0.1, 0.15) is 6.42 Å². The van der Waals surface area contributed by atoms with Gasteiger partial charge in [0.05, 0.1) is 12.1 Å². The monoisotopic (exact) mass is 219 g/mol. The maximum absolute atomic E-state index is 11.3. The lowest BCUT2D eigenvalue weighted by molar-refractivity contribution is -0.126. The first-order valence-electron chi connectivity index (χ1n) is 4.38. The minimum Gasteiger partial charge on any atom is -0.396 e. The van der Waals surface area contributed by atoms with Crippen molar-refractivity contribution in [3.8, 4) is 0 Å². The maximum atomic E-state index is 11.3. The number of carbonyl (C=O) groups excluding carboxylic acids is 2. The number of aliphatic hydroxyl groups is 2. The lowest BCUT2D eigenvalue weighted by atomic mass is 9.97. The third-order valence-electron chi connectivity index (χ3n) is 2.57. The van der Waals surface area contributed by atoms with Crippen LogP contribution in [0.2, 0.25) is 0 Å².